The first-order valence-electron chi connectivity index (χ1n) is 10.4. The Hall–Kier alpha value is -0.120. The summed E-state index contributed by atoms with van der Waals surface area (Å²) in [6, 6.07) is 0.417. The number of fused-ring (bicyclic) bond motifs is 5. The van der Waals surface area contributed by atoms with Crippen molar-refractivity contribution in [2.24, 2.45) is 40.2 Å². The Balaban J connectivity index is 1.63. The molecule has 138 valence electrons. The van der Waals surface area contributed by atoms with Crippen molar-refractivity contribution in [3.63, 3.8) is 0 Å². The van der Waals surface area contributed by atoms with Crippen molar-refractivity contribution in [2.75, 3.05) is 0 Å². The first-order chi connectivity index (χ1) is 11.2. The lowest BCUT2D eigenvalue weighted by Gasteiger charge is -2.62. The molecule has 0 amide bonds. The molecule has 3 nitrogen and oxygen atoms in total. The quantitative estimate of drug-likeness (QED) is 0.687. The molecule has 0 radical (unpaired) electrons. The minimum atomic E-state index is -0.880. The zero-order valence-electron chi connectivity index (χ0n) is 15.8. The molecule has 4 N–H and O–H groups in total. The lowest BCUT2D eigenvalue weighted by Crippen LogP contribution is -2.59. The standard InChI is InChI=1S/C21H37NO2/c1-13(23)21(24)11-8-18-16-5-4-14-12-15(22)6-9-19(14,2)17(16)7-10-20(18,21)3/h13-18,23-24H,4-12,22H2,1-3H3/t13?,14?,15?,16-,17+,18+,19+,20+,21+/m1/s1. The molecule has 4 aliphatic rings. The van der Waals surface area contributed by atoms with Crippen LogP contribution in [0.1, 0.15) is 78.6 Å². The van der Waals surface area contributed by atoms with Crippen molar-refractivity contribution in [2.45, 2.75) is 96.3 Å². The molecule has 24 heavy (non-hydrogen) atoms. The second-order valence-electron chi connectivity index (χ2n) is 10.3. The third-order valence-electron chi connectivity index (χ3n) is 9.61. The van der Waals surface area contributed by atoms with Gasteiger partial charge in [0.05, 0.1) is 11.7 Å². The van der Waals surface area contributed by atoms with Crippen LogP contribution in [-0.2, 0) is 0 Å². The molecule has 0 heterocycles. The van der Waals surface area contributed by atoms with Crippen LogP contribution < -0.4 is 5.73 Å². The van der Waals surface area contributed by atoms with Gasteiger partial charge in [0.25, 0.3) is 0 Å². The maximum absolute atomic E-state index is 11.3. The number of nitrogens with two attached hydrogens (primary N) is 1. The van der Waals surface area contributed by atoms with E-state index in [0.717, 1.165) is 37.0 Å². The van der Waals surface area contributed by atoms with Gasteiger partial charge in [-0.15, -0.1) is 0 Å². The lowest BCUT2D eigenvalue weighted by atomic mass is 9.44. The van der Waals surface area contributed by atoms with Gasteiger partial charge in [-0.2, -0.15) is 0 Å². The highest BCUT2D eigenvalue weighted by Crippen LogP contribution is 2.68. The minimum absolute atomic E-state index is 0.101. The molecule has 9 atom stereocenters. The summed E-state index contributed by atoms with van der Waals surface area (Å²) < 4.78 is 0. The third kappa shape index (κ3) is 2.07. The summed E-state index contributed by atoms with van der Waals surface area (Å²) >= 11 is 0. The fourth-order valence-corrected chi connectivity index (χ4v) is 8.03. The molecule has 4 aliphatic carbocycles. The molecular weight excluding hydrogens is 298 g/mol. The van der Waals surface area contributed by atoms with Crippen molar-refractivity contribution in [1.82, 2.24) is 0 Å². The van der Waals surface area contributed by atoms with E-state index < -0.39 is 11.7 Å². The van der Waals surface area contributed by atoms with Gasteiger partial charge >= 0.3 is 0 Å². The second kappa shape index (κ2) is 5.44. The van der Waals surface area contributed by atoms with Gasteiger partial charge in [-0.3, -0.25) is 0 Å². The normalized spacial score (nSPS) is 58.5. The molecule has 4 fully saturated rings. The van der Waals surface area contributed by atoms with Crippen molar-refractivity contribution in [3.8, 4) is 0 Å². The Bertz CT molecular complexity index is 508. The molecule has 0 aromatic carbocycles. The molecule has 0 aliphatic heterocycles. The first-order valence-corrected chi connectivity index (χ1v) is 10.4. The van der Waals surface area contributed by atoms with Crippen LogP contribution >= 0.6 is 0 Å². The van der Waals surface area contributed by atoms with Crippen LogP contribution in [0.3, 0.4) is 0 Å². The van der Waals surface area contributed by atoms with Crippen LogP contribution in [0, 0.1) is 34.5 Å². The predicted molar refractivity (Wildman–Crippen MR) is 96.3 cm³/mol. The van der Waals surface area contributed by atoms with E-state index >= 15 is 0 Å². The van der Waals surface area contributed by atoms with E-state index in [9.17, 15) is 10.2 Å². The lowest BCUT2D eigenvalue weighted by molar-refractivity contribution is -0.183. The van der Waals surface area contributed by atoms with E-state index in [1.165, 1.54) is 38.5 Å². The molecule has 0 aromatic heterocycles. The van der Waals surface area contributed by atoms with Crippen LogP contribution in [-0.4, -0.2) is 28.0 Å². The van der Waals surface area contributed by atoms with Crippen molar-refractivity contribution >= 4 is 0 Å². The van der Waals surface area contributed by atoms with Gasteiger partial charge in [0.15, 0.2) is 0 Å². The molecule has 0 aromatic rings. The molecule has 0 saturated heterocycles. The third-order valence-corrected chi connectivity index (χ3v) is 9.61. The van der Waals surface area contributed by atoms with Crippen LogP contribution in [0.4, 0.5) is 0 Å². The topological polar surface area (TPSA) is 66.5 Å². The number of aliphatic hydroxyl groups excluding tert-OH is 1. The summed E-state index contributed by atoms with van der Waals surface area (Å²) in [6.07, 6.45) is 9.91. The van der Waals surface area contributed by atoms with Gasteiger partial charge in [-0.05, 0) is 93.8 Å². The molecule has 3 unspecified atom stereocenters. The first kappa shape index (κ1) is 17.3. The van der Waals surface area contributed by atoms with Crippen LogP contribution in [0.25, 0.3) is 0 Å². The second-order valence-corrected chi connectivity index (χ2v) is 10.3. The fraction of sp³-hybridized carbons (Fsp3) is 1.00. The Labute approximate surface area is 147 Å². The molecule has 0 bridgehead atoms. The van der Waals surface area contributed by atoms with Gasteiger partial charge in [0.2, 0.25) is 0 Å². The summed E-state index contributed by atoms with van der Waals surface area (Å²) in [5, 5.41) is 21.6. The van der Waals surface area contributed by atoms with E-state index in [2.05, 4.69) is 13.8 Å². The zero-order valence-corrected chi connectivity index (χ0v) is 15.8. The number of aliphatic hydroxyl groups is 2. The number of hydrogen-bond donors (Lipinski definition) is 3. The largest absolute Gasteiger partial charge is 0.390 e. The van der Waals surface area contributed by atoms with E-state index in [4.69, 9.17) is 5.73 Å². The average Bonchev–Trinajstić information content (AvgIpc) is 2.81. The molecule has 3 heteroatoms. The number of hydrogen-bond acceptors (Lipinski definition) is 3. The van der Waals surface area contributed by atoms with Gasteiger partial charge in [0.1, 0.15) is 0 Å². The van der Waals surface area contributed by atoms with Gasteiger partial charge in [0, 0.05) is 11.5 Å². The number of rotatable bonds is 1. The Morgan fingerprint density at radius 3 is 2.38 bits per heavy atom. The monoisotopic (exact) mass is 335 g/mol. The highest BCUT2D eigenvalue weighted by Gasteiger charge is 2.65. The predicted octanol–water partition coefficient (Wildman–Crippen LogP) is 3.47. The highest BCUT2D eigenvalue weighted by atomic mass is 16.3. The molecule has 4 saturated carbocycles. The summed E-state index contributed by atoms with van der Waals surface area (Å²) in [4.78, 5) is 0. The summed E-state index contributed by atoms with van der Waals surface area (Å²) in [5.74, 6) is 2.94. The minimum Gasteiger partial charge on any atom is -0.390 e. The molecule has 4 rings (SSSR count). The van der Waals surface area contributed by atoms with Crippen LogP contribution in [0.2, 0.25) is 0 Å². The van der Waals surface area contributed by atoms with Gasteiger partial charge in [-0.1, -0.05) is 13.8 Å². The fourth-order valence-electron chi connectivity index (χ4n) is 8.03. The SMILES string of the molecule is CC(O)[C@@]1(O)CC[C@H]2[C@@H]3CCC4CC(N)CC[C@]4(C)[C@H]3CC[C@@]21C. The van der Waals surface area contributed by atoms with E-state index in [1.54, 1.807) is 6.92 Å². The highest BCUT2D eigenvalue weighted by molar-refractivity contribution is 5.15. The van der Waals surface area contributed by atoms with Crippen molar-refractivity contribution in [3.05, 3.63) is 0 Å². The molecule has 0 spiro atoms. The maximum atomic E-state index is 11.3. The van der Waals surface area contributed by atoms with Gasteiger partial charge in [-0.25, -0.2) is 0 Å². The summed E-state index contributed by atoms with van der Waals surface area (Å²) in [7, 11) is 0. The van der Waals surface area contributed by atoms with E-state index in [0.29, 0.717) is 17.4 Å². The van der Waals surface area contributed by atoms with Crippen molar-refractivity contribution < 1.29 is 10.2 Å². The van der Waals surface area contributed by atoms with Crippen LogP contribution in [0.5, 0.6) is 0 Å². The Kier molecular flexibility index (Phi) is 3.92. The van der Waals surface area contributed by atoms with Gasteiger partial charge < -0.3 is 15.9 Å². The smallest absolute Gasteiger partial charge is 0.0958 e. The van der Waals surface area contributed by atoms with Crippen molar-refractivity contribution in [1.29, 1.82) is 0 Å². The van der Waals surface area contributed by atoms with E-state index in [1.807, 2.05) is 0 Å². The maximum Gasteiger partial charge on any atom is 0.0958 e. The Morgan fingerprint density at radius 2 is 1.67 bits per heavy atom. The summed E-state index contributed by atoms with van der Waals surface area (Å²) in [5.41, 5.74) is 5.77. The average molecular weight is 336 g/mol. The summed E-state index contributed by atoms with van der Waals surface area (Å²) in [6.45, 7) is 6.62. The zero-order chi connectivity index (χ0) is 17.3. The van der Waals surface area contributed by atoms with Crippen LogP contribution in [0.15, 0.2) is 0 Å². The van der Waals surface area contributed by atoms with E-state index in [-0.39, 0.29) is 5.41 Å². The molecular formula is C21H37NO2. The Morgan fingerprint density at radius 1 is 0.958 bits per heavy atom.